The molecule has 3 nitrogen and oxygen atoms in total. The fourth-order valence-electron chi connectivity index (χ4n) is 5.70. The van der Waals surface area contributed by atoms with Crippen molar-refractivity contribution in [2.45, 2.75) is 69.9 Å². The van der Waals surface area contributed by atoms with Crippen molar-refractivity contribution in [2.24, 2.45) is 0 Å². The van der Waals surface area contributed by atoms with Gasteiger partial charge in [0.25, 0.3) is 0 Å². The molecule has 1 aliphatic carbocycles. The minimum absolute atomic E-state index is 0.278. The van der Waals surface area contributed by atoms with Crippen LogP contribution in [-0.2, 0) is 0 Å². The second-order valence-electron chi connectivity index (χ2n) is 9.28. The highest BCUT2D eigenvalue weighted by Gasteiger charge is 2.39. The summed E-state index contributed by atoms with van der Waals surface area (Å²) < 4.78 is 6.66. The molecule has 2 atom stereocenters. The van der Waals surface area contributed by atoms with Gasteiger partial charge in [-0.05, 0) is 62.1 Å². The highest BCUT2D eigenvalue weighted by Crippen LogP contribution is 2.50. The van der Waals surface area contributed by atoms with Gasteiger partial charge in [0.1, 0.15) is 11.9 Å². The van der Waals surface area contributed by atoms with E-state index in [2.05, 4.69) is 29.3 Å². The van der Waals surface area contributed by atoms with E-state index in [4.69, 9.17) is 27.9 Å². The summed E-state index contributed by atoms with van der Waals surface area (Å²) in [6.45, 7) is 5.35. The average Bonchev–Trinajstić information content (AvgIpc) is 3.16. The fourth-order valence-corrected chi connectivity index (χ4v) is 6.22. The lowest BCUT2D eigenvalue weighted by atomic mass is 9.88. The summed E-state index contributed by atoms with van der Waals surface area (Å²) in [7, 11) is 0. The van der Waals surface area contributed by atoms with Crippen LogP contribution in [0.25, 0.3) is 11.1 Å². The molecule has 2 aromatic rings. The van der Waals surface area contributed by atoms with Gasteiger partial charge in [0.05, 0.1) is 5.69 Å². The largest absolute Gasteiger partial charge is 0.487 e. The fraction of sp³-hybridized carbons (Fsp3) is 0.538. The van der Waals surface area contributed by atoms with Crippen LogP contribution in [0.1, 0.15) is 63.4 Å². The molecule has 0 spiro atoms. The Kier molecular flexibility index (Phi) is 6.37. The number of halogens is 2. The second kappa shape index (κ2) is 9.21. The smallest absolute Gasteiger partial charge is 0.146 e. The van der Waals surface area contributed by atoms with E-state index in [-0.39, 0.29) is 6.10 Å². The second-order valence-corrected chi connectivity index (χ2v) is 10.1. The highest BCUT2D eigenvalue weighted by atomic mass is 35.5. The molecule has 5 rings (SSSR count). The molecular formula is C26H32Cl2N2O. The summed E-state index contributed by atoms with van der Waals surface area (Å²) in [4.78, 5) is 2.65. The van der Waals surface area contributed by atoms with Crippen molar-refractivity contribution in [3.05, 3.63) is 45.9 Å². The van der Waals surface area contributed by atoms with E-state index < -0.39 is 0 Å². The van der Waals surface area contributed by atoms with Crippen molar-refractivity contribution in [3.8, 4) is 16.9 Å². The van der Waals surface area contributed by atoms with Gasteiger partial charge in [0.15, 0.2) is 0 Å². The average molecular weight is 459 g/mol. The van der Waals surface area contributed by atoms with Crippen LogP contribution >= 0.6 is 23.2 Å². The van der Waals surface area contributed by atoms with Gasteiger partial charge in [-0.3, -0.25) is 0 Å². The van der Waals surface area contributed by atoms with E-state index in [1.807, 2.05) is 18.2 Å². The number of hydrogen-bond donors (Lipinski definition) is 1. The minimum atomic E-state index is 0.278. The Hall–Kier alpha value is -1.42. The summed E-state index contributed by atoms with van der Waals surface area (Å²) in [5, 5.41) is 4.95. The first-order valence-electron chi connectivity index (χ1n) is 11.9. The topological polar surface area (TPSA) is 24.5 Å². The molecule has 2 heterocycles. The number of nitrogens with one attached hydrogen (secondary N) is 1. The Morgan fingerprint density at radius 1 is 1.06 bits per heavy atom. The molecule has 31 heavy (non-hydrogen) atoms. The third-order valence-corrected chi connectivity index (χ3v) is 7.76. The van der Waals surface area contributed by atoms with Gasteiger partial charge in [0, 0.05) is 46.2 Å². The van der Waals surface area contributed by atoms with Crippen molar-refractivity contribution in [1.82, 2.24) is 5.32 Å². The Labute approximate surface area is 196 Å². The van der Waals surface area contributed by atoms with Gasteiger partial charge >= 0.3 is 0 Å². The summed E-state index contributed by atoms with van der Waals surface area (Å²) in [6, 6.07) is 11.1. The summed E-state index contributed by atoms with van der Waals surface area (Å²) in [5.74, 6) is 1.52. The lowest BCUT2D eigenvalue weighted by molar-refractivity contribution is 0.172. The van der Waals surface area contributed by atoms with Gasteiger partial charge in [-0.2, -0.15) is 0 Å². The first-order chi connectivity index (χ1) is 15.2. The summed E-state index contributed by atoms with van der Waals surface area (Å²) in [5.41, 5.74) is 4.82. The number of rotatable bonds is 5. The lowest BCUT2D eigenvalue weighted by Crippen LogP contribution is -2.38. The Balaban J connectivity index is 1.64. The van der Waals surface area contributed by atoms with Gasteiger partial charge in [-0.1, -0.05) is 55.5 Å². The molecule has 166 valence electrons. The number of hydrogen-bond acceptors (Lipinski definition) is 3. The van der Waals surface area contributed by atoms with Crippen molar-refractivity contribution in [1.29, 1.82) is 0 Å². The Bertz CT molecular complexity index is 941. The standard InChI is InChI=1S/C26H32Cl2N2O/c1-2-12-30(19-6-4-3-5-7-19)24-14-17(20-9-8-18(27)15-23(20)28)13-21-22-16-29-11-10-25(22)31-26(21)24/h8-9,13-15,19,22,25,29H,2-7,10-12,16H2,1H3/t22-,25-/m0/s1. The van der Waals surface area contributed by atoms with E-state index in [9.17, 15) is 0 Å². The lowest BCUT2D eigenvalue weighted by Gasteiger charge is -2.37. The molecule has 1 N–H and O–H groups in total. The van der Waals surface area contributed by atoms with E-state index in [0.717, 1.165) is 43.8 Å². The Morgan fingerprint density at radius 2 is 1.90 bits per heavy atom. The molecular weight excluding hydrogens is 427 g/mol. The van der Waals surface area contributed by atoms with Gasteiger partial charge in [0.2, 0.25) is 0 Å². The maximum Gasteiger partial charge on any atom is 0.146 e. The predicted octanol–water partition coefficient (Wildman–Crippen LogP) is 7.05. The molecule has 0 unspecified atom stereocenters. The number of piperidine rings is 1. The predicted molar refractivity (Wildman–Crippen MR) is 131 cm³/mol. The van der Waals surface area contributed by atoms with Crippen molar-refractivity contribution in [3.63, 3.8) is 0 Å². The Morgan fingerprint density at radius 3 is 2.68 bits per heavy atom. The normalized spacial score (nSPS) is 23.2. The highest BCUT2D eigenvalue weighted by molar-refractivity contribution is 6.36. The van der Waals surface area contributed by atoms with Crippen LogP contribution in [0, 0.1) is 0 Å². The van der Waals surface area contributed by atoms with Crippen LogP contribution in [0.5, 0.6) is 5.75 Å². The number of anilines is 1. The number of benzene rings is 2. The zero-order valence-electron chi connectivity index (χ0n) is 18.3. The summed E-state index contributed by atoms with van der Waals surface area (Å²) in [6.07, 6.45) is 9.03. The monoisotopic (exact) mass is 458 g/mol. The van der Waals surface area contributed by atoms with Crippen LogP contribution < -0.4 is 15.0 Å². The van der Waals surface area contributed by atoms with Gasteiger partial charge in [-0.15, -0.1) is 0 Å². The first kappa shape index (κ1) is 21.4. The molecule has 2 fully saturated rings. The minimum Gasteiger partial charge on any atom is -0.487 e. The van der Waals surface area contributed by atoms with Crippen LogP contribution in [0.4, 0.5) is 5.69 Å². The quantitative estimate of drug-likeness (QED) is 0.519. The molecule has 1 saturated heterocycles. The van der Waals surface area contributed by atoms with E-state index in [1.54, 1.807) is 0 Å². The van der Waals surface area contributed by atoms with Crippen LogP contribution in [0.2, 0.25) is 10.0 Å². The number of fused-ring (bicyclic) bond motifs is 3. The van der Waals surface area contributed by atoms with E-state index in [1.165, 1.54) is 48.9 Å². The maximum atomic E-state index is 6.66. The maximum absolute atomic E-state index is 6.66. The molecule has 5 heteroatoms. The molecule has 2 aromatic carbocycles. The van der Waals surface area contributed by atoms with E-state index >= 15 is 0 Å². The molecule has 0 aromatic heterocycles. The number of nitrogens with zero attached hydrogens (tertiary/aromatic N) is 1. The number of ether oxygens (including phenoxy) is 1. The third-order valence-electron chi connectivity index (χ3n) is 7.22. The van der Waals surface area contributed by atoms with Crippen molar-refractivity contribution in [2.75, 3.05) is 24.5 Å². The zero-order valence-corrected chi connectivity index (χ0v) is 19.8. The van der Waals surface area contributed by atoms with Gasteiger partial charge in [-0.25, -0.2) is 0 Å². The van der Waals surface area contributed by atoms with E-state index in [0.29, 0.717) is 22.0 Å². The van der Waals surface area contributed by atoms with Crippen LogP contribution in [-0.4, -0.2) is 31.8 Å². The first-order valence-corrected chi connectivity index (χ1v) is 12.7. The molecule has 2 aliphatic heterocycles. The van der Waals surface area contributed by atoms with Gasteiger partial charge < -0.3 is 15.0 Å². The molecule has 3 aliphatic rings. The van der Waals surface area contributed by atoms with Crippen molar-refractivity contribution < 1.29 is 4.74 Å². The van der Waals surface area contributed by atoms with Crippen molar-refractivity contribution >= 4 is 28.9 Å². The molecule has 0 amide bonds. The molecule has 0 bridgehead atoms. The SMILES string of the molecule is CCCN(c1cc(-c2ccc(Cl)cc2Cl)cc2c1O[C@H]1CCNC[C@@H]21)C1CCCCC1. The molecule has 0 radical (unpaired) electrons. The molecule has 1 saturated carbocycles. The third kappa shape index (κ3) is 4.17. The zero-order chi connectivity index (χ0) is 21.4. The summed E-state index contributed by atoms with van der Waals surface area (Å²) >= 11 is 12.8. The van der Waals surface area contributed by atoms with Crippen LogP contribution in [0.15, 0.2) is 30.3 Å². The van der Waals surface area contributed by atoms with Crippen LogP contribution in [0.3, 0.4) is 0 Å².